The first-order chi connectivity index (χ1) is 11.5. The van der Waals surface area contributed by atoms with E-state index in [-0.39, 0.29) is 24.8 Å². The molecule has 2 heterocycles. The third kappa shape index (κ3) is 3.77. The Hall–Kier alpha value is -2.74. The Balaban J connectivity index is 1.66. The fourth-order valence-corrected chi connectivity index (χ4v) is 2.95. The average molecular weight is 344 g/mol. The molecule has 0 saturated heterocycles. The van der Waals surface area contributed by atoms with Crippen LogP contribution in [0.25, 0.3) is 0 Å². The maximum atomic E-state index is 11.9. The van der Waals surface area contributed by atoms with Crippen LogP contribution in [-0.4, -0.2) is 29.1 Å². The lowest BCUT2D eigenvalue weighted by atomic mass is 10.1. The van der Waals surface area contributed by atoms with E-state index >= 15 is 0 Å². The van der Waals surface area contributed by atoms with Gasteiger partial charge < -0.3 is 10.1 Å². The molecule has 2 amide bonds. The van der Waals surface area contributed by atoms with Crippen molar-refractivity contribution in [2.75, 3.05) is 11.9 Å². The zero-order chi connectivity index (χ0) is 17.1. The third-order valence-electron chi connectivity index (χ3n) is 3.36. The number of aromatic nitrogens is 1. The molecule has 0 spiro atoms. The molecule has 0 unspecified atom stereocenters. The van der Waals surface area contributed by atoms with Crippen LogP contribution in [0, 0.1) is 6.92 Å². The normalized spacial score (nSPS) is 13.8. The van der Waals surface area contributed by atoms with Gasteiger partial charge in [-0.25, -0.2) is 10.4 Å². The summed E-state index contributed by atoms with van der Waals surface area (Å²) in [5.41, 5.74) is 5.44. The fourth-order valence-electron chi connectivity index (χ4n) is 2.18. The Labute approximate surface area is 142 Å². The summed E-state index contributed by atoms with van der Waals surface area (Å²) >= 11 is 1.45. The molecule has 8 heteroatoms. The smallest absolute Gasteiger partial charge is 0.262 e. The van der Waals surface area contributed by atoms with Gasteiger partial charge >= 0.3 is 0 Å². The van der Waals surface area contributed by atoms with Crippen molar-refractivity contribution in [1.29, 1.82) is 0 Å². The number of nitrogens with zero attached hydrogens (tertiary/aromatic N) is 2. The number of carbonyl (C=O) groups excluding carboxylic acids is 2. The lowest BCUT2D eigenvalue weighted by Crippen LogP contribution is -2.25. The summed E-state index contributed by atoms with van der Waals surface area (Å²) < 4.78 is 5.31. The third-order valence-corrected chi connectivity index (χ3v) is 4.32. The predicted octanol–water partition coefficient (Wildman–Crippen LogP) is 1.87. The van der Waals surface area contributed by atoms with Crippen molar-refractivity contribution in [3.8, 4) is 5.75 Å². The highest BCUT2D eigenvalue weighted by molar-refractivity contribution is 7.09. The van der Waals surface area contributed by atoms with Gasteiger partial charge in [0.25, 0.3) is 5.91 Å². The van der Waals surface area contributed by atoms with Gasteiger partial charge in [-0.1, -0.05) is 0 Å². The van der Waals surface area contributed by atoms with E-state index in [4.69, 9.17) is 4.74 Å². The lowest BCUT2D eigenvalue weighted by molar-refractivity contribution is -0.120. The molecule has 24 heavy (non-hydrogen) atoms. The van der Waals surface area contributed by atoms with Crippen molar-refractivity contribution in [1.82, 2.24) is 10.4 Å². The summed E-state index contributed by atoms with van der Waals surface area (Å²) in [6, 6.07) is 5.36. The number of nitrogens with one attached hydrogen (secondary N) is 2. The lowest BCUT2D eigenvalue weighted by Gasteiger charge is -2.18. The molecule has 2 N–H and O–H groups in total. The Bertz CT molecular complexity index is 828. The SMILES string of the molecule is C/C(=N/NC(=O)Cc1nc(C)cs1)c1ccc2c(c1)NC(=O)CO2. The molecule has 0 saturated carbocycles. The molecule has 0 aliphatic carbocycles. The Morgan fingerprint density at radius 1 is 1.50 bits per heavy atom. The van der Waals surface area contributed by atoms with Gasteiger partial charge in [-0.15, -0.1) is 11.3 Å². The van der Waals surface area contributed by atoms with Crippen LogP contribution < -0.4 is 15.5 Å². The van der Waals surface area contributed by atoms with Gasteiger partial charge in [-0.05, 0) is 37.6 Å². The van der Waals surface area contributed by atoms with Crippen LogP contribution in [0.4, 0.5) is 5.69 Å². The zero-order valence-corrected chi connectivity index (χ0v) is 14.1. The number of benzene rings is 1. The van der Waals surface area contributed by atoms with Crippen molar-refractivity contribution in [2.24, 2.45) is 5.10 Å². The van der Waals surface area contributed by atoms with Crippen molar-refractivity contribution in [2.45, 2.75) is 20.3 Å². The van der Waals surface area contributed by atoms with Crippen LogP contribution >= 0.6 is 11.3 Å². The maximum Gasteiger partial charge on any atom is 0.262 e. The zero-order valence-electron chi connectivity index (χ0n) is 13.3. The first-order valence-corrected chi connectivity index (χ1v) is 8.20. The molecule has 1 aromatic carbocycles. The van der Waals surface area contributed by atoms with E-state index < -0.39 is 0 Å². The number of ether oxygens (including phenoxy) is 1. The molecule has 2 aromatic rings. The van der Waals surface area contributed by atoms with E-state index in [1.165, 1.54) is 11.3 Å². The minimum atomic E-state index is -0.224. The predicted molar refractivity (Wildman–Crippen MR) is 91.5 cm³/mol. The van der Waals surface area contributed by atoms with Crippen molar-refractivity contribution >= 4 is 34.6 Å². The van der Waals surface area contributed by atoms with Crippen LogP contribution in [0.3, 0.4) is 0 Å². The molecule has 0 atom stereocenters. The minimum absolute atomic E-state index is 0.0195. The number of rotatable bonds is 4. The number of hydrazone groups is 1. The Morgan fingerprint density at radius 2 is 2.33 bits per heavy atom. The first-order valence-electron chi connectivity index (χ1n) is 7.32. The Morgan fingerprint density at radius 3 is 3.08 bits per heavy atom. The highest BCUT2D eigenvalue weighted by Crippen LogP contribution is 2.28. The number of anilines is 1. The van der Waals surface area contributed by atoms with Crippen LogP contribution in [0.15, 0.2) is 28.7 Å². The highest BCUT2D eigenvalue weighted by atomic mass is 32.1. The van der Waals surface area contributed by atoms with Gasteiger partial charge in [0, 0.05) is 11.1 Å². The molecule has 0 radical (unpaired) electrons. The molecule has 1 aliphatic heterocycles. The van der Waals surface area contributed by atoms with Crippen LogP contribution in [-0.2, 0) is 16.0 Å². The summed E-state index contributed by atoms with van der Waals surface area (Å²) in [5, 5.41) is 9.51. The fraction of sp³-hybridized carbons (Fsp3) is 0.250. The second-order valence-corrected chi connectivity index (χ2v) is 6.28. The Kier molecular flexibility index (Phi) is 4.57. The van der Waals surface area contributed by atoms with Crippen LogP contribution in [0.5, 0.6) is 5.75 Å². The quantitative estimate of drug-likeness (QED) is 0.654. The van der Waals surface area contributed by atoms with Gasteiger partial charge in [-0.3, -0.25) is 9.59 Å². The topological polar surface area (TPSA) is 92.7 Å². The molecular weight excluding hydrogens is 328 g/mol. The van der Waals surface area contributed by atoms with Crippen molar-refractivity contribution in [3.05, 3.63) is 39.8 Å². The number of thiazole rings is 1. The molecule has 3 rings (SSSR count). The van der Waals surface area contributed by atoms with Crippen LogP contribution in [0.1, 0.15) is 23.2 Å². The van der Waals surface area contributed by atoms with Gasteiger partial charge in [0.05, 0.1) is 17.8 Å². The van der Waals surface area contributed by atoms with E-state index in [9.17, 15) is 9.59 Å². The van der Waals surface area contributed by atoms with Gasteiger partial charge in [0.15, 0.2) is 6.61 Å². The summed E-state index contributed by atoms with van der Waals surface area (Å²) in [5.74, 6) is 0.203. The second-order valence-electron chi connectivity index (χ2n) is 5.34. The van der Waals surface area contributed by atoms with Crippen molar-refractivity contribution < 1.29 is 14.3 Å². The molecule has 0 bridgehead atoms. The van der Waals surface area contributed by atoms with Crippen molar-refractivity contribution in [3.63, 3.8) is 0 Å². The van der Waals surface area contributed by atoms with E-state index in [1.807, 2.05) is 18.4 Å². The molecule has 1 aliphatic rings. The number of aryl methyl sites for hydroxylation is 1. The number of hydrogen-bond donors (Lipinski definition) is 2. The molecule has 124 valence electrons. The summed E-state index contributed by atoms with van der Waals surface area (Å²) in [6.07, 6.45) is 0.198. The highest BCUT2D eigenvalue weighted by Gasteiger charge is 2.16. The molecule has 1 aromatic heterocycles. The molecule has 7 nitrogen and oxygen atoms in total. The monoisotopic (exact) mass is 344 g/mol. The first kappa shape index (κ1) is 16.1. The second kappa shape index (κ2) is 6.79. The molecule has 0 fully saturated rings. The van der Waals surface area contributed by atoms with E-state index in [1.54, 1.807) is 19.1 Å². The minimum Gasteiger partial charge on any atom is -0.482 e. The van der Waals surface area contributed by atoms with E-state index in [2.05, 4.69) is 20.8 Å². The molecular formula is C16H16N4O3S. The van der Waals surface area contributed by atoms with Crippen LogP contribution in [0.2, 0.25) is 0 Å². The van der Waals surface area contributed by atoms with E-state index in [0.717, 1.165) is 16.3 Å². The average Bonchev–Trinajstić information content (AvgIpc) is 2.96. The maximum absolute atomic E-state index is 11.9. The largest absolute Gasteiger partial charge is 0.482 e. The number of carbonyl (C=O) groups is 2. The van der Waals surface area contributed by atoms with Gasteiger partial charge in [-0.2, -0.15) is 5.10 Å². The summed E-state index contributed by atoms with van der Waals surface area (Å²) in [4.78, 5) is 27.5. The van der Waals surface area contributed by atoms with E-state index in [0.29, 0.717) is 17.1 Å². The van der Waals surface area contributed by atoms with Gasteiger partial charge in [0.2, 0.25) is 5.91 Å². The number of fused-ring (bicyclic) bond motifs is 1. The van der Waals surface area contributed by atoms with Gasteiger partial charge in [0.1, 0.15) is 10.8 Å². The summed E-state index contributed by atoms with van der Waals surface area (Å²) in [7, 11) is 0. The number of hydrogen-bond acceptors (Lipinski definition) is 6. The standard InChI is InChI=1S/C16H16N4O3S/c1-9-8-24-16(17-9)6-14(21)20-19-10(2)11-3-4-13-12(5-11)18-15(22)7-23-13/h3-5,8H,6-7H2,1-2H3,(H,18,22)(H,20,21)/b19-10-. The number of amides is 2. The summed E-state index contributed by atoms with van der Waals surface area (Å²) in [6.45, 7) is 3.69.